The van der Waals surface area contributed by atoms with Crippen molar-refractivity contribution in [1.82, 2.24) is 0 Å². The average Bonchev–Trinajstić information content (AvgIpc) is 2.66. The van der Waals surface area contributed by atoms with Gasteiger partial charge in [0.25, 0.3) is 10.0 Å². The van der Waals surface area contributed by atoms with E-state index in [9.17, 15) is 8.42 Å². The van der Waals surface area contributed by atoms with E-state index in [-0.39, 0.29) is 4.90 Å². The Labute approximate surface area is 150 Å². The van der Waals surface area contributed by atoms with Gasteiger partial charge in [0.05, 0.1) is 15.6 Å². The van der Waals surface area contributed by atoms with Crippen LogP contribution in [0.5, 0.6) is 0 Å². The maximum absolute atomic E-state index is 12.8. The molecule has 25 heavy (non-hydrogen) atoms. The molecule has 4 rings (SSSR count). The van der Waals surface area contributed by atoms with Crippen molar-refractivity contribution in [1.29, 1.82) is 0 Å². The van der Waals surface area contributed by atoms with Crippen LogP contribution in [0.1, 0.15) is 0 Å². The number of anilines is 1. The molecule has 0 heterocycles. The van der Waals surface area contributed by atoms with E-state index in [1.807, 2.05) is 48.5 Å². The van der Waals surface area contributed by atoms with E-state index in [2.05, 4.69) is 4.72 Å². The van der Waals surface area contributed by atoms with Crippen molar-refractivity contribution >= 4 is 48.9 Å². The number of hydrogen-bond donors (Lipinski definition) is 1. The van der Waals surface area contributed by atoms with Crippen LogP contribution in [-0.4, -0.2) is 8.42 Å². The van der Waals surface area contributed by atoms with Crippen molar-refractivity contribution in [3.63, 3.8) is 0 Å². The number of fused-ring (bicyclic) bond motifs is 3. The van der Waals surface area contributed by atoms with Gasteiger partial charge in [-0.15, -0.1) is 0 Å². The lowest BCUT2D eigenvalue weighted by atomic mass is 10.0. The van der Waals surface area contributed by atoms with Crippen LogP contribution in [0.3, 0.4) is 0 Å². The zero-order valence-corrected chi connectivity index (χ0v) is 14.7. The molecule has 0 unspecified atom stereocenters. The van der Waals surface area contributed by atoms with Gasteiger partial charge < -0.3 is 0 Å². The summed E-state index contributed by atoms with van der Waals surface area (Å²) < 4.78 is 28.2. The monoisotopic (exact) mass is 367 g/mol. The lowest BCUT2D eigenvalue weighted by molar-refractivity contribution is 0.601. The molecule has 0 aliphatic rings. The minimum atomic E-state index is -3.73. The lowest BCUT2D eigenvalue weighted by Gasteiger charge is -2.15. The Morgan fingerprint density at radius 2 is 1.12 bits per heavy atom. The minimum absolute atomic E-state index is 0.198. The highest BCUT2D eigenvalue weighted by Gasteiger charge is 2.19. The summed E-state index contributed by atoms with van der Waals surface area (Å²) in [7, 11) is -3.73. The molecular weight excluding hydrogens is 354 g/mol. The van der Waals surface area contributed by atoms with Crippen molar-refractivity contribution < 1.29 is 8.42 Å². The molecule has 4 aromatic rings. The zero-order chi connectivity index (χ0) is 17.4. The van der Waals surface area contributed by atoms with Gasteiger partial charge in [-0.2, -0.15) is 0 Å². The van der Waals surface area contributed by atoms with E-state index in [1.165, 1.54) is 0 Å². The topological polar surface area (TPSA) is 46.2 Å². The van der Waals surface area contributed by atoms with Crippen molar-refractivity contribution in [2.45, 2.75) is 4.90 Å². The summed E-state index contributed by atoms with van der Waals surface area (Å²) in [5.74, 6) is 0. The van der Waals surface area contributed by atoms with Crippen LogP contribution in [-0.2, 0) is 10.0 Å². The fourth-order valence-electron chi connectivity index (χ4n) is 2.99. The number of benzene rings is 4. The van der Waals surface area contributed by atoms with Gasteiger partial charge in [-0.3, -0.25) is 4.72 Å². The van der Waals surface area contributed by atoms with E-state index in [0.717, 1.165) is 21.5 Å². The maximum Gasteiger partial charge on any atom is 0.261 e. The third kappa shape index (κ3) is 2.73. The van der Waals surface area contributed by atoms with Gasteiger partial charge in [0.15, 0.2) is 0 Å². The molecule has 0 radical (unpaired) electrons. The number of hydrogen-bond acceptors (Lipinski definition) is 2. The van der Waals surface area contributed by atoms with E-state index >= 15 is 0 Å². The largest absolute Gasteiger partial charge is 0.277 e. The number of halogens is 1. The SMILES string of the molecule is O=S(=O)(Nc1c(Cl)c2ccccc2c2ccccc12)c1ccccc1. The third-order valence-corrected chi connectivity index (χ3v) is 5.92. The Hall–Kier alpha value is -2.56. The number of nitrogens with one attached hydrogen (secondary N) is 1. The van der Waals surface area contributed by atoms with E-state index in [1.54, 1.807) is 30.3 Å². The molecule has 0 spiro atoms. The smallest absolute Gasteiger partial charge is 0.261 e. The summed E-state index contributed by atoms with van der Waals surface area (Å²) >= 11 is 6.59. The van der Waals surface area contributed by atoms with Crippen LogP contribution in [0.2, 0.25) is 5.02 Å². The van der Waals surface area contributed by atoms with Gasteiger partial charge in [0.1, 0.15) is 0 Å². The van der Waals surface area contributed by atoms with Crippen molar-refractivity contribution in [2.24, 2.45) is 0 Å². The van der Waals surface area contributed by atoms with Crippen molar-refractivity contribution in [2.75, 3.05) is 4.72 Å². The molecule has 0 saturated heterocycles. The Kier molecular flexibility index (Phi) is 3.86. The Morgan fingerprint density at radius 3 is 1.76 bits per heavy atom. The van der Waals surface area contributed by atoms with Gasteiger partial charge in [-0.1, -0.05) is 78.3 Å². The second kappa shape index (κ2) is 6.06. The van der Waals surface area contributed by atoms with Gasteiger partial charge in [-0.25, -0.2) is 8.42 Å². The Balaban J connectivity index is 1.99. The molecule has 0 bridgehead atoms. The molecule has 0 aromatic heterocycles. The summed E-state index contributed by atoms with van der Waals surface area (Å²) in [5.41, 5.74) is 0.403. The van der Waals surface area contributed by atoms with Crippen LogP contribution in [0.4, 0.5) is 5.69 Å². The summed E-state index contributed by atoms with van der Waals surface area (Å²) in [4.78, 5) is 0.198. The summed E-state index contributed by atoms with van der Waals surface area (Å²) in [6.45, 7) is 0. The molecule has 0 saturated carbocycles. The van der Waals surface area contributed by atoms with Crippen LogP contribution < -0.4 is 4.72 Å². The molecule has 124 valence electrons. The van der Waals surface area contributed by atoms with Crippen LogP contribution in [0.15, 0.2) is 83.8 Å². The van der Waals surface area contributed by atoms with Crippen LogP contribution in [0.25, 0.3) is 21.5 Å². The normalized spacial score (nSPS) is 11.7. The molecule has 5 heteroatoms. The highest BCUT2D eigenvalue weighted by atomic mass is 35.5. The van der Waals surface area contributed by atoms with E-state index in [0.29, 0.717) is 10.7 Å². The van der Waals surface area contributed by atoms with E-state index in [4.69, 9.17) is 11.6 Å². The summed E-state index contributed by atoms with van der Waals surface area (Å²) in [6, 6.07) is 23.6. The first-order valence-electron chi connectivity index (χ1n) is 7.75. The number of rotatable bonds is 3. The first-order valence-corrected chi connectivity index (χ1v) is 9.61. The third-order valence-electron chi connectivity index (χ3n) is 4.16. The van der Waals surface area contributed by atoms with Crippen LogP contribution >= 0.6 is 11.6 Å². The minimum Gasteiger partial charge on any atom is -0.277 e. The lowest BCUT2D eigenvalue weighted by Crippen LogP contribution is -2.13. The first-order chi connectivity index (χ1) is 12.1. The van der Waals surface area contributed by atoms with Gasteiger partial charge in [-0.05, 0) is 22.9 Å². The molecule has 0 fully saturated rings. The van der Waals surface area contributed by atoms with Crippen molar-refractivity contribution in [3.8, 4) is 0 Å². The maximum atomic E-state index is 12.8. The molecule has 4 aromatic carbocycles. The molecule has 3 nitrogen and oxygen atoms in total. The van der Waals surface area contributed by atoms with Gasteiger partial charge in [0, 0.05) is 10.8 Å². The molecule has 0 aliphatic carbocycles. The quantitative estimate of drug-likeness (QED) is 0.489. The van der Waals surface area contributed by atoms with Gasteiger partial charge >= 0.3 is 0 Å². The average molecular weight is 368 g/mol. The Morgan fingerprint density at radius 1 is 0.640 bits per heavy atom. The molecule has 0 aliphatic heterocycles. The number of sulfonamides is 1. The summed E-state index contributed by atoms with van der Waals surface area (Å²) in [5, 5.41) is 3.92. The second-order valence-corrected chi connectivity index (χ2v) is 7.76. The summed E-state index contributed by atoms with van der Waals surface area (Å²) in [6.07, 6.45) is 0. The fourth-order valence-corrected chi connectivity index (χ4v) is 4.47. The molecule has 0 amide bonds. The highest BCUT2D eigenvalue weighted by Crippen LogP contribution is 2.40. The van der Waals surface area contributed by atoms with Gasteiger partial charge in [0.2, 0.25) is 0 Å². The Bertz CT molecular complexity index is 1190. The van der Waals surface area contributed by atoms with E-state index < -0.39 is 10.0 Å². The van der Waals surface area contributed by atoms with Crippen LogP contribution in [0, 0.1) is 0 Å². The molecular formula is C20H14ClNO2S. The zero-order valence-electron chi connectivity index (χ0n) is 13.1. The standard InChI is InChI=1S/C20H14ClNO2S/c21-19-17-12-6-4-10-15(17)16-11-5-7-13-18(16)20(19)22-25(23,24)14-8-2-1-3-9-14/h1-13,22H. The predicted molar refractivity (Wildman–Crippen MR) is 104 cm³/mol. The second-order valence-electron chi connectivity index (χ2n) is 5.70. The molecule has 1 N–H and O–H groups in total. The highest BCUT2D eigenvalue weighted by molar-refractivity contribution is 7.92. The first kappa shape index (κ1) is 15.9. The molecule has 0 atom stereocenters. The van der Waals surface area contributed by atoms with Crippen molar-refractivity contribution in [3.05, 3.63) is 83.9 Å². The fraction of sp³-hybridized carbons (Fsp3) is 0. The predicted octanol–water partition coefficient (Wildman–Crippen LogP) is 5.45.